The second-order valence-electron chi connectivity index (χ2n) is 11.6. The van der Waals surface area contributed by atoms with Gasteiger partial charge in [0.1, 0.15) is 36.3 Å². The van der Waals surface area contributed by atoms with Gasteiger partial charge in [-0.3, -0.25) is 14.4 Å². The topological polar surface area (TPSA) is 141 Å². The third-order valence-electron chi connectivity index (χ3n) is 7.22. The number of methoxy groups -OCH3 is 2. The van der Waals surface area contributed by atoms with Gasteiger partial charge >= 0.3 is 18.0 Å². The van der Waals surface area contributed by atoms with Crippen molar-refractivity contribution in [3.05, 3.63) is 83.4 Å². The van der Waals surface area contributed by atoms with Crippen molar-refractivity contribution in [2.45, 2.75) is 51.3 Å². The Balaban J connectivity index is 1.55. The monoisotopic (exact) mass is 618 g/mol. The molecule has 0 aromatic heterocycles. The lowest BCUT2D eigenvalue weighted by atomic mass is 9.98. The third-order valence-corrected chi connectivity index (χ3v) is 7.22. The van der Waals surface area contributed by atoms with E-state index in [2.05, 4.69) is 5.32 Å². The Labute approximate surface area is 262 Å². The van der Waals surface area contributed by atoms with Gasteiger partial charge in [0.2, 0.25) is 5.91 Å². The summed E-state index contributed by atoms with van der Waals surface area (Å²) in [6.45, 7) is 4.12. The average Bonchev–Trinajstić information content (AvgIpc) is 3.31. The van der Waals surface area contributed by atoms with Crippen molar-refractivity contribution < 1.29 is 43.2 Å². The molecule has 1 aliphatic rings. The molecule has 4 rings (SSSR count). The van der Waals surface area contributed by atoms with Crippen LogP contribution in [0, 0.1) is 0 Å². The lowest BCUT2D eigenvalue weighted by Crippen LogP contribution is -2.51. The van der Waals surface area contributed by atoms with Crippen LogP contribution in [0.3, 0.4) is 0 Å². The molecule has 1 aliphatic carbocycles. The number of alkyl carbamates (subject to hydrolysis) is 1. The summed E-state index contributed by atoms with van der Waals surface area (Å²) in [4.78, 5) is 52.7. The molecule has 11 heteroatoms. The number of benzene rings is 3. The number of carbonyl (C=O) groups is 4. The maximum absolute atomic E-state index is 13.8. The largest absolute Gasteiger partial charge is 0.497 e. The molecule has 238 valence electrons. The molecule has 0 aliphatic heterocycles. The van der Waals surface area contributed by atoms with Gasteiger partial charge in [0, 0.05) is 17.5 Å². The molecular formula is C34H38N2O9. The summed E-state index contributed by atoms with van der Waals surface area (Å²) in [5, 5.41) is 12.1. The van der Waals surface area contributed by atoms with E-state index >= 15 is 0 Å². The van der Waals surface area contributed by atoms with Gasteiger partial charge in [0.15, 0.2) is 0 Å². The van der Waals surface area contributed by atoms with Crippen LogP contribution in [0.4, 0.5) is 4.79 Å². The van der Waals surface area contributed by atoms with Crippen LogP contribution in [0.25, 0.3) is 11.1 Å². The van der Waals surface area contributed by atoms with Crippen LogP contribution in [0.5, 0.6) is 11.5 Å². The van der Waals surface area contributed by atoms with E-state index in [4.69, 9.17) is 18.9 Å². The number of rotatable bonds is 12. The molecule has 11 nitrogen and oxygen atoms in total. The van der Waals surface area contributed by atoms with Gasteiger partial charge in [-0.05, 0) is 55.2 Å². The highest BCUT2D eigenvalue weighted by atomic mass is 16.6. The number of carboxylic acid groups (broad SMARTS) is 1. The predicted molar refractivity (Wildman–Crippen MR) is 165 cm³/mol. The molecule has 0 radical (unpaired) electrons. The predicted octanol–water partition coefficient (Wildman–Crippen LogP) is 4.76. The summed E-state index contributed by atoms with van der Waals surface area (Å²) >= 11 is 0. The van der Waals surface area contributed by atoms with Gasteiger partial charge < -0.3 is 34.3 Å². The Hall–Kier alpha value is -5.06. The fraction of sp³-hybridized carbons (Fsp3) is 0.353. The van der Waals surface area contributed by atoms with E-state index in [0.717, 1.165) is 27.2 Å². The van der Waals surface area contributed by atoms with Crippen LogP contribution in [0.15, 0.2) is 66.7 Å². The number of carboxylic acids is 1. The highest BCUT2D eigenvalue weighted by Crippen LogP contribution is 2.44. The zero-order valence-corrected chi connectivity index (χ0v) is 26.0. The maximum atomic E-state index is 13.8. The summed E-state index contributed by atoms with van der Waals surface area (Å²) < 4.78 is 21.7. The van der Waals surface area contributed by atoms with E-state index < -0.39 is 48.5 Å². The first kappa shape index (κ1) is 32.8. The van der Waals surface area contributed by atoms with E-state index in [-0.39, 0.29) is 19.1 Å². The fourth-order valence-electron chi connectivity index (χ4n) is 5.32. The van der Waals surface area contributed by atoms with Gasteiger partial charge in [-0.1, -0.05) is 48.5 Å². The first-order valence-electron chi connectivity index (χ1n) is 14.4. The van der Waals surface area contributed by atoms with Gasteiger partial charge in [0.25, 0.3) is 0 Å². The summed E-state index contributed by atoms with van der Waals surface area (Å²) in [6, 6.07) is 19.1. The molecule has 3 aromatic rings. The van der Waals surface area contributed by atoms with Crippen molar-refractivity contribution in [3.63, 3.8) is 0 Å². The van der Waals surface area contributed by atoms with Crippen LogP contribution in [0.2, 0.25) is 0 Å². The second kappa shape index (κ2) is 14.1. The third kappa shape index (κ3) is 8.31. The molecule has 2 amide bonds. The molecule has 0 fully saturated rings. The molecule has 1 atom stereocenters. The number of nitrogens with one attached hydrogen (secondary N) is 1. The van der Waals surface area contributed by atoms with E-state index in [0.29, 0.717) is 17.1 Å². The number of carbonyl (C=O) groups excluding carboxylic acids is 3. The highest BCUT2D eigenvalue weighted by molar-refractivity contribution is 5.91. The summed E-state index contributed by atoms with van der Waals surface area (Å²) in [5.74, 6) is -2.20. The molecule has 2 N–H and O–H groups in total. The molecule has 3 aromatic carbocycles. The zero-order valence-electron chi connectivity index (χ0n) is 26.0. The highest BCUT2D eigenvalue weighted by Gasteiger charge is 2.34. The van der Waals surface area contributed by atoms with Crippen LogP contribution in [0.1, 0.15) is 49.8 Å². The second-order valence-corrected chi connectivity index (χ2v) is 11.6. The minimum Gasteiger partial charge on any atom is -0.497 e. The summed E-state index contributed by atoms with van der Waals surface area (Å²) in [5.41, 5.74) is 3.76. The standard InChI is InChI=1S/C34H38N2O9/c1-34(2,3)45-31(39)17-28(32(40)36(19-30(37)38)18-21-14-15-22(42-4)16-29(21)43-5)35-33(41)44-20-27-25-12-8-6-10-23(25)24-11-7-9-13-26(24)27/h6-16,27-28H,17-20H2,1-5H3,(H,35,41)(H,37,38). The number of esters is 1. The van der Waals surface area contributed by atoms with E-state index in [1.165, 1.54) is 14.2 Å². The molecule has 0 bridgehead atoms. The van der Waals surface area contributed by atoms with Gasteiger partial charge in [-0.25, -0.2) is 4.79 Å². The van der Waals surface area contributed by atoms with E-state index in [9.17, 15) is 24.3 Å². The molecule has 0 saturated heterocycles. The number of aliphatic carboxylic acids is 1. The number of amides is 2. The molecule has 0 heterocycles. The van der Waals surface area contributed by atoms with Crippen molar-refractivity contribution in [1.29, 1.82) is 0 Å². The summed E-state index contributed by atoms with van der Waals surface area (Å²) in [6.07, 6.45) is -1.48. The Kier molecular flexibility index (Phi) is 10.3. The normalized spacial score (nSPS) is 12.7. The Morgan fingerprint density at radius 2 is 1.53 bits per heavy atom. The summed E-state index contributed by atoms with van der Waals surface area (Å²) in [7, 11) is 2.93. The maximum Gasteiger partial charge on any atom is 0.407 e. The van der Waals surface area contributed by atoms with Gasteiger partial charge in [-0.2, -0.15) is 0 Å². The number of nitrogens with zero attached hydrogens (tertiary/aromatic N) is 1. The Morgan fingerprint density at radius 1 is 0.911 bits per heavy atom. The van der Waals surface area contributed by atoms with E-state index in [1.54, 1.807) is 39.0 Å². The quantitative estimate of drug-likeness (QED) is 0.275. The fourth-order valence-corrected chi connectivity index (χ4v) is 5.32. The van der Waals surface area contributed by atoms with Crippen LogP contribution >= 0.6 is 0 Å². The average molecular weight is 619 g/mol. The molecular weight excluding hydrogens is 580 g/mol. The smallest absolute Gasteiger partial charge is 0.407 e. The van der Waals surface area contributed by atoms with Crippen molar-refractivity contribution >= 4 is 23.9 Å². The lowest BCUT2D eigenvalue weighted by molar-refractivity contribution is -0.157. The molecule has 1 unspecified atom stereocenters. The van der Waals surface area contributed by atoms with Gasteiger partial charge in [0.05, 0.1) is 27.2 Å². The molecule has 0 spiro atoms. The molecule has 45 heavy (non-hydrogen) atoms. The van der Waals surface area contributed by atoms with Gasteiger partial charge in [-0.15, -0.1) is 0 Å². The number of fused-ring (bicyclic) bond motifs is 3. The minimum atomic E-state index is -1.47. The first-order chi connectivity index (χ1) is 21.4. The van der Waals surface area contributed by atoms with Crippen molar-refractivity contribution in [3.8, 4) is 22.6 Å². The number of hydrogen-bond acceptors (Lipinski definition) is 8. The van der Waals surface area contributed by atoms with Crippen LogP contribution < -0.4 is 14.8 Å². The van der Waals surface area contributed by atoms with Crippen molar-refractivity contribution in [1.82, 2.24) is 10.2 Å². The number of hydrogen-bond donors (Lipinski definition) is 2. The minimum absolute atomic E-state index is 0.0188. The Morgan fingerprint density at radius 3 is 2.09 bits per heavy atom. The van der Waals surface area contributed by atoms with Crippen molar-refractivity contribution in [2.24, 2.45) is 0 Å². The Bertz CT molecular complexity index is 1520. The zero-order chi connectivity index (χ0) is 32.7. The number of ether oxygens (including phenoxy) is 4. The SMILES string of the molecule is COc1ccc(CN(CC(=O)O)C(=O)C(CC(=O)OC(C)(C)C)NC(=O)OCC2c3ccccc3-c3ccccc32)c(OC)c1. The lowest BCUT2D eigenvalue weighted by Gasteiger charge is -2.28. The molecule has 0 saturated carbocycles. The van der Waals surface area contributed by atoms with Crippen molar-refractivity contribution in [2.75, 3.05) is 27.4 Å². The van der Waals surface area contributed by atoms with E-state index in [1.807, 2.05) is 48.5 Å². The van der Waals surface area contributed by atoms with Crippen LogP contribution in [-0.4, -0.2) is 73.0 Å². The van der Waals surface area contributed by atoms with Crippen LogP contribution in [-0.2, 0) is 30.4 Å². The first-order valence-corrected chi connectivity index (χ1v) is 14.4.